The van der Waals surface area contributed by atoms with Crippen LogP contribution in [0.4, 0.5) is 158 Å². The van der Waals surface area contributed by atoms with Crippen LogP contribution < -0.4 is 0 Å². The highest BCUT2D eigenvalue weighted by Crippen LogP contribution is 2.75. The predicted octanol–water partition coefficient (Wildman–Crippen LogP) is 14.7. The standard InChI is InChI=1S/C39H46F36O17Si12/c40-25(41,42)1-2-36-80-99(16-8-31(58,59)60)39-77-94(36)82-104-37(20-35(70,71)72,76-93(36)11-3-26(43,44)45)97(14-6-29(52,53)54)88-100(91-104,17-9-32(61,62)63)79-24(38(73,74)75)22-103(89-97)87-96(24,13-5-28(49,50)51)86-101(92-104,18-10-33(64,65)66)84-95(12-4-27(46,47)48)23(19-34(67,68)69,21-102(81-39,85-95)90-103)78-98(39,83-99)15-7-30(55,56)57/h93-94H,1-22H2. The molecule has 0 N–H and O–H groups in total. The highest BCUT2D eigenvalue weighted by atomic mass is 28.6. The van der Waals surface area contributed by atoms with Gasteiger partial charge in [-0.25, -0.2) is 0 Å². The third kappa shape index (κ3) is 15.2. The van der Waals surface area contributed by atoms with Crippen molar-refractivity contribution in [1.29, 1.82) is 0 Å². The maximum atomic E-state index is 17.7. The Kier molecular flexibility index (Phi) is 20.0. The highest BCUT2D eigenvalue weighted by molar-refractivity contribution is 7.11. The van der Waals surface area contributed by atoms with E-state index in [9.17, 15) is 0 Å². The topological polar surface area (TPSA) is 157 Å². The van der Waals surface area contributed by atoms with Crippen molar-refractivity contribution < 1.29 is 230 Å². The Morgan fingerprint density at radius 3 is 1.19 bits per heavy atom. The number of hydrogen-bond acceptors (Lipinski definition) is 17. The molecule has 65 heteroatoms. The number of rotatable bonds is 20. The van der Waals surface area contributed by atoms with Gasteiger partial charge in [0.15, 0.2) is 4.85 Å². The summed E-state index contributed by atoms with van der Waals surface area (Å²) in [6, 6.07) is -28.2. The Hall–Kier alpha value is -0.597. The molecule has 0 amide bonds. The van der Waals surface area contributed by atoms with Gasteiger partial charge in [-0.05, 0) is 12.5 Å². The molecule has 17 unspecified atom stereocenters. The van der Waals surface area contributed by atoms with E-state index >= 15 is 158 Å². The highest BCUT2D eigenvalue weighted by Gasteiger charge is 3.03. The van der Waals surface area contributed by atoms with Crippen LogP contribution in [0.3, 0.4) is 0 Å². The summed E-state index contributed by atoms with van der Waals surface area (Å²) in [4.78, 5) is -10.0. The largest absolute Gasteiger partial charge is 0.512 e. The lowest BCUT2D eigenvalue weighted by Gasteiger charge is -2.71. The first kappa shape index (κ1) is 84.3. The maximum absolute atomic E-state index is 17.7. The number of halogens is 36. The normalized spacial score (nSPS) is 43.0. The van der Waals surface area contributed by atoms with Crippen LogP contribution >= 0.6 is 0 Å². The zero-order valence-corrected chi connectivity index (χ0v) is 63.1. The lowest BCUT2D eigenvalue weighted by molar-refractivity contribution is -0.231. The predicted molar refractivity (Wildman–Crippen MR) is 280 cm³/mol. The van der Waals surface area contributed by atoms with E-state index in [2.05, 4.69) is 0 Å². The van der Waals surface area contributed by atoms with Gasteiger partial charge in [-0.3, -0.25) is 0 Å². The lowest BCUT2D eigenvalue weighted by Crippen LogP contribution is -2.99. The Bertz CT molecular complexity index is 3260. The Morgan fingerprint density at radius 1 is 0.308 bits per heavy atom. The van der Waals surface area contributed by atoms with Crippen molar-refractivity contribution in [3.8, 4) is 0 Å². The molecule has 10 aliphatic rings. The van der Waals surface area contributed by atoms with Gasteiger partial charge < -0.3 is 71.8 Å². The minimum absolute atomic E-state index is 2.47. The van der Waals surface area contributed by atoms with E-state index in [1.165, 1.54) is 0 Å². The molecule has 10 aliphatic heterocycles. The van der Waals surface area contributed by atoms with E-state index in [0.717, 1.165) is 0 Å². The monoisotopic (exact) mass is 1810 g/mol. The van der Waals surface area contributed by atoms with Crippen molar-refractivity contribution in [3.05, 3.63) is 0 Å². The summed E-state index contributed by atoms with van der Waals surface area (Å²) in [5.74, 6) is 0. The van der Waals surface area contributed by atoms with E-state index in [-0.39, 0.29) is 0 Å². The maximum Gasteiger partial charge on any atom is 0.512 e. The Labute approximate surface area is 570 Å². The molecule has 10 fully saturated rings. The zero-order chi connectivity index (χ0) is 78.2. The van der Waals surface area contributed by atoms with Crippen molar-refractivity contribution in [3.63, 3.8) is 0 Å². The van der Waals surface area contributed by atoms with E-state index in [4.69, 9.17) is 71.8 Å². The first-order valence-electron chi connectivity index (χ1n) is 29.9. The fourth-order valence-electron chi connectivity index (χ4n) is 15.1. The molecule has 0 aliphatic carbocycles. The Morgan fingerprint density at radius 2 is 0.712 bits per heavy atom. The SMILES string of the molecule is FC(F)(F)CC[SiH]1OC2(CC(F)(F)F)[Si]3(CCC(F)(F)F)O[Si]45CC6(C(F)(F)F)O[Si](CCC(F)(F)F)(O3)O[Si]23O[SiH]2OC78O[Si]9(CC(CC(F)(F)F)(O[Si]7(CCC(F)(F)F)O[Si]8(CCC(F)(F)F)OC12CCC(F)(F)F)[Si](CCC(F)(F)F)(O9)O[Si](CCC(F)(F)F)(O[Si]6(CCC(F)(F)F)O4)O3)O5. The minimum atomic E-state index is -8.96. The van der Waals surface area contributed by atoms with Gasteiger partial charge in [0.2, 0.25) is 19.3 Å². The van der Waals surface area contributed by atoms with Crippen LogP contribution in [0.2, 0.25) is 60.4 Å². The van der Waals surface area contributed by atoms with Gasteiger partial charge in [0.05, 0.1) is 18.9 Å². The second kappa shape index (κ2) is 24.7. The smallest absolute Gasteiger partial charge is 0.408 e. The molecule has 0 aromatic carbocycles. The zero-order valence-electron chi connectivity index (χ0n) is 50.8. The van der Waals surface area contributed by atoms with Crippen LogP contribution in [-0.4, -0.2) is 204 Å². The molecule has 10 heterocycles. The Balaban J connectivity index is 1.48. The summed E-state index contributed by atoms with van der Waals surface area (Å²) >= 11 is 0. The number of hydrogen-bond donors (Lipinski definition) is 0. The molecule has 0 radical (unpaired) electrons. The molecule has 0 aromatic heterocycles. The molecule has 17 nitrogen and oxygen atoms in total. The second-order valence-corrected chi connectivity index (χ2v) is 65.6. The fourth-order valence-corrected chi connectivity index (χ4v) is 101. The van der Waals surface area contributed by atoms with Crippen LogP contribution in [0.1, 0.15) is 77.0 Å². The molecule has 17 atom stereocenters. The summed E-state index contributed by atoms with van der Waals surface area (Å²) in [6.45, 7) is 0. The van der Waals surface area contributed by atoms with E-state index < -0.39 is 342 Å². The molecule has 10 saturated heterocycles. The summed E-state index contributed by atoms with van der Waals surface area (Å²) in [5.41, 5.74) is 0. The summed E-state index contributed by atoms with van der Waals surface area (Å²) in [7, 11) is -94.4. The van der Waals surface area contributed by atoms with Gasteiger partial charge in [-0.1, -0.05) is 0 Å². The van der Waals surface area contributed by atoms with E-state index in [1.54, 1.807) is 0 Å². The van der Waals surface area contributed by atoms with Crippen LogP contribution in [0, 0.1) is 0 Å². The lowest BCUT2D eigenvalue weighted by atomic mass is 10.2. The van der Waals surface area contributed by atoms with Crippen LogP contribution in [-0.2, 0) is 71.8 Å². The van der Waals surface area contributed by atoms with Crippen molar-refractivity contribution >= 4 is 105 Å². The molecule has 0 aromatic rings. The van der Waals surface area contributed by atoms with Crippen molar-refractivity contribution in [2.24, 2.45) is 0 Å². The van der Waals surface area contributed by atoms with Gasteiger partial charge in [0.1, 0.15) is 10.1 Å². The van der Waals surface area contributed by atoms with Crippen molar-refractivity contribution in [2.75, 3.05) is 0 Å². The third-order valence-electron chi connectivity index (χ3n) is 18.7. The fraction of sp³-hybridized carbons (Fsp3) is 1.00. The van der Waals surface area contributed by atoms with Crippen molar-refractivity contribution in [1.82, 2.24) is 0 Å². The van der Waals surface area contributed by atoms with E-state index in [1.807, 2.05) is 0 Å². The molecule has 10 bridgehead atoms. The second-order valence-electron chi connectivity index (χ2n) is 26.4. The number of fused-ring (bicyclic) bond motifs is 7. The van der Waals surface area contributed by atoms with Crippen LogP contribution in [0.25, 0.3) is 0 Å². The number of alkyl halides is 36. The molecule has 104 heavy (non-hydrogen) atoms. The summed E-state index contributed by atoms with van der Waals surface area (Å²) < 4.78 is 671. The first-order chi connectivity index (χ1) is 46.3. The molecule has 0 saturated carbocycles. The quantitative estimate of drug-likeness (QED) is 0.0837. The molecule has 4 spiro atoms. The average Bonchev–Trinajstić information content (AvgIpc) is 1.37. The van der Waals surface area contributed by atoms with Gasteiger partial charge in [0.25, 0.3) is 0 Å². The van der Waals surface area contributed by atoms with E-state index in [0.29, 0.717) is 0 Å². The molecule has 604 valence electrons. The third-order valence-corrected chi connectivity index (χ3v) is 79.7. The van der Waals surface area contributed by atoms with Crippen LogP contribution in [0.15, 0.2) is 0 Å². The van der Waals surface area contributed by atoms with Gasteiger partial charge in [-0.15, -0.1) is 0 Å². The first-order valence-corrected chi connectivity index (χ1v) is 52.9. The van der Waals surface area contributed by atoms with Gasteiger partial charge >= 0.3 is 170 Å². The average molecular weight is 1810 g/mol. The summed E-state index contributed by atoms with van der Waals surface area (Å²) in [6.07, 6.45) is -113. The van der Waals surface area contributed by atoms with Gasteiger partial charge in [0, 0.05) is 106 Å². The van der Waals surface area contributed by atoms with Crippen molar-refractivity contribution in [2.45, 2.75) is 237 Å². The van der Waals surface area contributed by atoms with Gasteiger partial charge in [-0.2, -0.15) is 158 Å². The summed E-state index contributed by atoms with van der Waals surface area (Å²) in [5, 5.41) is -15.3. The molecular formula is C39H46F36O17Si12. The molecular weight excluding hydrogens is 1760 g/mol. The minimum Gasteiger partial charge on any atom is -0.408 e. The molecule has 10 rings (SSSR count). The van der Waals surface area contributed by atoms with Crippen LogP contribution in [0.5, 0.6) is 0 Å².